The summed E-state index contributed by atoms with van der Waals surface area (Å²) in [6.07, 6.45) is 5.30. The Kier molecular flexibility index (Phi) is 12.3. The van der Waals surface area contributed by atoms with Crippen molar-refractivity contribution < 1.29 is 19.1 Å². The van der Waals surface area contributed by atoms with E-state index in [0.717, 1.165) is 62.6 Å². The Labute approximate surface area is 256 Å². The summed E-state index contributed by atoms with van der Waals surface area (Å²) in [7, 11) is 1.69. The maximum Gasteiger partial charge on any atom is 0.255 e. The lowest BCUT2D eigenvalue weighted by Gasteiger charge is -2.38. The van der Waals surface area contributed by atoms with Crippen LogP contribution in [0.1, 0.15) is 65.8 Å². The molecular weight excluding hydrogens is 540 g/mol. The van der Waals surface area contributed by atoms with Crippen LogP contribution in [0.4, 0.5) is 17.1 Å². The molecule has 2 amide bonds. The van der Waals surface area contributed by atoms with Gasteiger partial charge in [0, 0.05) is 62.9 Å². The first kappa shape index (κ1) is 31.9. The molecule has 230 valence electrons. The van der Waals surface area contributed by atoms with Crippen LogP contribution in [0.2, 0.25) is 0 Å². The summed E-state index contributed by atoms with van der Waals surface area (Å²) in [5.74, 6) is 0.502. The van der Waals surface area contributed by atoms with Gasteiger partial charge in [-0.15, -0.1) is 0 Å². The van der Waals surface area contributed by atoms with E-state index >= 15 is 0 Å². The third kappa shape index (κ3) is 8.97. The fourth-order valence-electron chi connectivity index (χ4n) is 5.37. The summed E-state index contributed by atoms with van der Waals surface area (Å²) in [5, 5.41) is 6.04. The highest BCUT2D eigenvalue weighted by molar-refractivity contribution is 6.06. The Bertz CT molecular complexity index is 1320. The molecule has 2 N–H and O–H groups in total. The second-order valence-corrected chi connectivity index (χ2v) is 10.8. The molecule has 4 rings (SSSR count). The van der Waals surface area contributed by atoms with E-state index in [0.29, 0.717) is 36.6 Å². The molecule has 0 saturated carbocycles. The zero-order valence-electron chi connectivity index (χ0n) is 25.9. The van der Waals surface area contributed by atoms with E-state index in [9.17, 15) is 9.59 Å². The Hall–Kier alpha value is -4.04. The van der Waals surface area contributed by atoms with Gasteiger partial charge in [-0.05, 0) is 74.2 Å². The van der Waals surface area contributed by atoms with Crippen molar-refractivity contribution in [3.8, 4) is 5.75 Å². The number of nitrogens with one attached hydrogen (secondary N) is 2. The van der Waals surface area contributed by atoms with Crippen molar-refractivity contribution in [3.63, 3.8) is 0 Å². The van der Waals surface area contributed by atoms with E-state index in [-0.39, 0.29) is 11.8 Å². The van der Waals surface area contributed by atoms with Crippen LogP contribution in [-0.2, 0) is 11.2 Å². The Morgan fingerprint density at radius 1 is 0.814 bits per heavy atom. The van der Waals surface area contributed by atoms with Crippen LogP contribution >= 0.6 is 0 Å². The first-order chi connectivity index (χ1) is 21.0. The zero-order valence-corrected chi connectivity index (χ0v) is 25.9. The van der Waals surface area contributed by atoms with Crippen LogP contribution in [0.15, 0.2) is 66.7 Å². The molecule has 0 atom stereocenters. The summed E-state index contributed by atoms with van der Waals surface area (Å²) in [4.78, 5) is 31.1. The molecule has 3 aromatic carbocycles. The first-order valence-corrected chi connectivity index (χ1v) is 15.6. The molecule has 1 saturated heterocycles. The molecule has 0 unspecified atom stereocenters. The van der Waals surface area contributed by atoms with Crippen molar-refractivity contribution >= 4 is 28.9 Å². The molecule has 8 heteroatoms. The summed E-state index contributed by atoms with van der Waals surface area (Å²) < 4.78 is 11.0. The minimum atomic E-state index is -0.193. The molecule has 0 aliphatic carbocycles. The highest BCUT2D eigenvalue weighted by Crippen LogP contribution is 2.31. The second-order valence-electron chi connectivity index (χ2n) is 10.8. The van der Waals surface area contributed by atoms with E-state index in [2.05, 4.69) is 33.4 Å². The van der Waals surface area contributed by atoms with Crippen LogP contribution in [0.25, 0.3) is 0 Å². The molecule has 1 heterocycles. The number of benzene rings is 3. The maximum absolute atomic E-state index is 13.4. The van der Waals surface area contributed by atoms with E-state index in [4.69, 9.17) is 9.47 Å². The van der Waals surface area contributed by atoms with Crippen LogP contribution in [0.3, 0.4) is 0 Å². The number of para-hydroxylation sites is 2. The number of piperazine rings is 1. The van der Waals surface area contributed by atoms with Crippen LogP contribution in [-0.4, -0.2) is 64.9 Å². The van der Waals surface area contributed by atoms with E-state index in [1.165, 1.54) is 18.4 Å². The topological polar surface area (TPSA) is 83.1 Å². The van der Waals surface area contributed by atoms with Crippen LogP contribution < -0.4 is 25.2 Å². The summed E-state index contributed by atoms with van der Waals surface area (Å²) >= 11 is 0. The second kappa shape index (κ2) is 16.6. The maximum atomic E-state index is 13.4. The fraction of sp³-hybridized carbons (Fsp3) is 0.429. The van der Waals surface area contributed by atoms with Gasteiger partial charge in [-0.25, -0.2) is 0 Å². The number of nitrogens with zero attached hydrogens (tertiary/aromatic N) is 2. The number of ether oxygens (including phenoxy) is 2. The van der Waals surface area contributed by atoms with Crippen molar-refractivity contribution in [3.05, 3.63) is 83.4 Å². The molecule has 3 aromatic rings. The van der Waals surface area contributed by atoms with Gasteiger partial charge in [-0.2, -0.15) is 0 Å². The summed E-state index contributed by atoms with van der Waals surface area (Å²) in [6.45, 7) is 9.01. The predicted molar refractivity (Wildman–Crippen MR) is 175 cm³/mol. The molecule has 0 radical (unpaired) electrons. The number of methoxy groups -OCH3 is 1. The quantitative estimate of drug-likeness (QED) is 0.208. The van der Waals surface area contributed by atoms with Crippen LogP contribution in [0.5, 0.6) is 5.75 Å². The van der Waals surface area contributed by atoms with Gasteiger partial charge in [0.05, 0.1) is 18.4 Å². The van der Waals surface area contributed by atoms with Gasteiger partial charge in [0.1, 0.15) is 5.75 Å². The number of carbonyl (C=O) groups excluding carboxylic acids is 2. The third-order valence-electron chi connectivity index (χ3n) is 7.79. The normalized spacial score (nSPS) is 13.1. The Morgan fingerprint density at radius 3 is 2.23 bits per heavy atom. The Balaban J connectivity index is 1.47. The van der Waals surface area contributed by atoms with Crippen molar-refractivity contribution in [2.24, 2.45) is 0 Å². The lowest BCUT2D eigenvalue weighted by molar-refractivity contribution is 0.0943. The Morgan fingerprint density at radius 2 is 1.53 bits per heavy atom. The minimum Gasteiger partial charge on any atom is -0.495 e. The molecule has 0 aromatic heterocycles. The van der Waals surface area contributed by atoms with E-state index in [1.54, 1.807) is 13.2 Å². The first-order valence-electron chi connectivity index (χ1n) is 15.6. The van der Waals surface area contributed by atoms with Crippen LogP contribution in [0, 0.1) is 0 Å². The van der Waals surface area contributed by atoms with Gasteiger partial charge < -0.3 is 29.9 Å². The summed E-state index contributed by atoms with van der Waals surface area (Å²) in [5.41, 5.74) is 4.90. The fourth-order valence-corrected chi connectivity index (χ4v) is 5.37. The number of rotatable bonds is 15. The molecule has 43 heavy (non-hydrogen) atoms. The standard InChI is InChI=1S/C35H46N4O4/c1-4-6-7-11-27-14-16-28(17-15-27)34(40)37-29-18-19-31(30(26-29)35(41)36-20-10-25-43-5-2)38-21-23-39(24-22-38)32-12-8-9-13-33(32)42-3/h8-9,12-19,26H,4-7,10-11,20-25H2,1-3H3,(H,36,41)(H,37,40). The lowest BCUT2D eigenvalue weighted by atomic mass is 10.0. The van der Waals surface area contributed by atoms with Gasteiger partial charge in [0.2, 0.25) is 0 Å². The third-order valence-corrected chi connectivity index (χ3v) is 7.79. The molecule has 0 spiro atoms. The highest BCUT2D eigenvalue weighted by Gasteiger charge is 2.24. The van der Waals surface area contributed by atoms with Crippen molar-refractivity contribution in [1.29, 1.82) is 0 Å². The molecule has 8 nitrogen and oxygen atoms in total. The monoisotopic (exact) mass is 586 g/mol. The van der Waals surface area contributed by atoms with Gasteiger partial charge in [-0.3, -0.25) is 9.59 Å². The number of hydrogen-bond donors (Lipinski definition) is 2. The number of unbranched alkanes of at least 4 members (excludes halogenated alkanes) is 2. The predicted octanol–water partition coefficient (Wildman–Crippen LogP) is 6.16. The number of carbonyl (C=O) groups is 2. The lowest BCUT2D eigenvalue weighted by Crippen LogP contribution is -2.47. The highest BCUT2D eigenvalue weighted by atomic mass is 16.5. The van der Waals surface area contributed by atoms with E-state index in [1.807, 2.05) is 61.5 Å². The molecule has 1 aliphatic heterocycles. The van der Waals surface area contributed by atoms with Crippen molar-refractivity contribution in [2.75, 3.05) is 68.2 Å². The van der Waals surface area contributed by atoms with Gasteiger partial charge in [0.25, 0.3) is 11.8 Å². The van der Waals surface area contributed by atoms with Gasteiger partial charge >= 0.3 is 0 Å². The molecule has 1 fully saturated rings. The largest absolute Gasteiger partial charge is 0.495 e. The van der Waals surface area contributed by atoms with Crippen molar-refractivity contribution in [1.82, 2.24) is 5.32 Å². The average molecular weight is 587 g/mol. The average Bonchev–Trinajstić information content (AvgIpc) is 3.05. The van der Waals surface area contributed by atoms with E-state index < -0.39 is 0 Å². The number of aryl methyl sites for hydroxylation is 1. The number of hydrogen-bond acceptors (Lipinski definition) is 6. The van der Waals surface area contributed by atoms with Gasteiger partial charge in [0.15, 0.2) is 0 Å². The zero-order chi connectivity index (χ0) is 30.4. The van der Waals surface area contributed by atoms with Gasteiger partial charge in [-0.1, -0.05) is 44.0 Å². The summed E-state index contributed by atoms with van der Waals surface area (Å²) in [6, 6.07) is 21.5. The molecule has 0 bridgehead atoms. The SMILES string of the molecule is CCCCCc1ccc(C(=O)Nc2ccc(N3CCN(c4ccccc4OC)CC3)c(C(=O)NCCCOCC)c2)cc1. The molecular formula is C35H46N4O4. The smallest absolute Gasteiger partial charge is 0.255 e. The van der Waals surface area contributed by atoms with Crippen molar-refractivity contribution in [2.45, 2.75) is 46.0 Å². The minimum absolute atomic E-state index is 0.161. The number of amides is 2. The molecule has 1 aliphatic rings. The number of anilines is 3.